The molecule has 1 aromatic heterocycles. The van der Waals surface area contributed by atoms with Crippen molar-refractivity contribution < 1.29 is 38.2 Å². The molecule has 0 N–H and O–H groups in total. The lowest BCUT2D eigenvalue weighted by Gasteiger charge is -2.25. The molecule has 0 radical (unpaired) electrons. The fraction of sp³-hybridized carbons (Fsp3) is 0.257. The number of hydrogen-bond acceptors (Lipinski definition) is 12. The number of methoxy groups -OCH3 is 1. The number of allylic oxidation sites excluding steroid dienone is 1. The third-order valence-electron chi connectivity index (χ3n) is 7.47. The second kappa shape index (κ2) is 16.1. The molecule has 0 spiro atoms. The van der Waals surface area contributed by atoms with Crippen LogP contribution in [0.4, 0.5) is 5.69 Å². The highest BCUT2D eigenvalue weighted by molar-refractivity contribution is 14.1. The Hall–Kier alpha value is -5.03. The maximum absolute atomic E-state index is 14.1. The molecule has 0 fully saturated rings. The van der Waals surface area contributed by atoms with Crippen molar-refractivity contribution in [2.75, 3.05) is 26.9 Å². The monoisotopic (exact) mass is 813 g/mol. The third-order valence-corrected chi connectivity index (χ3v) is 9.29. The topological polar surface area (TPSA) is 158 Å². The van der Waals surface area contributed by atoms with Crippen molar-refractivity contribution in [2.24, 2.45) is 4.99 Å². The number of rotatable bonds is 13. The average Bonchev–Trinajstić information content (AvgIpc) is 3.40. The van der Waals surface area contributed by atoms with Crippen molar-refractivity contribution in [3.8, 4) is 17.2 Å². The highest BCUT2D eigenvalue weighted by atomic mass is 127. The first-order valence-corrected chi connectivity index (χ1v) is 17.3. The summed E-state index contributed by atoms with van der Waals surface area (Å²) in [6.07, 6.45) is 1.75. The fourth-order valence-corrected chi connectivity index (χ4v) is 6.88. The second-order valence-electron chi connectivity index (χ2n) is 10.7. The van der Waals surface area contributed by atoms with Gasteiger partial charge in [0.05, 0.1) is 50.7 Å². The van der Waals surface area contributed by atoms with Crippen molar-refractivity contribution in [1.82, 2.24) is 4.57 Å². The highest BCUT2D eigenvalue weighted by Gasteiger charge is 2.34. The normalized spacial score (nSPS) is 14.0. The zero-order valence-electron chi connectivity index (χ0n) is 27.5. The number of carbonyl (C=O) groups excluding carboxylic acids is 2. The molecule has 0 saturated carbocycles. The molecular formula is C35H32IN3O10S. The molecule has 0 aliphatic carbocycles. The molecule has 0 unspecified atom stereocenters. The predicted octanol–water partition coefficient (Wildman–Crippen LogP) is 4.84. The second-order valence-corrected chi connectivity index (χ2v) is 12.9. The minimum atomic E-state index is -0.892. The van der Waals surface area contributed by atoms with E-state index >= 15 is 0 Å². The van der Waals surface area contributed by atoms with Gasteiger partial charge in [-0.1, -0.05) is 23.5 Å². The summed E-state index contributed by atoms with van der Waals surface area (Å²) in [6, 6.07) is 15.7. The first-order chi connectivity index (χ1) is 24.0. The number of esters is 2. The molecule has 13 nitrogen and oxygen atoms in total. The van der Waals surface area contributed by atoms with E-state index in [0.717, 1.165) is 14.7 Å². The average molecular weight is 814 g/mol. The van der Waals surface area contributed by atoms with E-state index in [1.807, 2.05) is 12.1 Å². The number of hydrogen-bond donors (Lipinski definition) is 0. The van der Waals surface area contributed by atoms with Gasteiger partial charge in [-0.15, -0.1) is 0 Å². The molecule has 1 aliphatic rings. The van der Waals surface area contributed by atoms with Crippen molar-refractivity contribution in [3.05, 3.63) is 122 Å². The number of carbonyl (C=O) groups is 2. The molecule has 5 rings (SSSR count). The number of thiazole rings is 1. The lowest BCUT2D eigenvalue weighted by atomic mass is 9.95. The number of non-ortho nitro benzene ring substituents is 1. The lowest BCUT2D eigenvalue weighted by Crippen LogP contribution is -2.40. The van der Waals surface area contributed by atoms with Crippen LogP contribution in [0.3, 0.4) is 0 Å². The number of nitro groups is 1. The summed E-state index contributed by atoms with van der Waals surface area (Å²) in [5.74, 6) is 0.0593. The van der Waals surface area contributed by atoms with E-state index in [1.165, 1.54) is 35.1 Å². The Balaban J connectivity index is 1.51. The molecule has 3 aromatic carbocycles. The van der Waals surface area contributed by atoms with Gasteiger partial charge in [0.2, 0.25) is 0 Å². The SMILES string of the molecule is CCOC(=O)C1=C(C)N=c2s/c(=C\c3ccc(OCc4ccc([N+](=O)[O-])cc4)c(I)c3)c(=O)n2[C@@H]1c1ccc(OCC(=O)OC)c(OCC)c1. The molecule has 0 saturated heterocycles. The summed E-state index contributed by atoms with van der Waals surface area (Å²) >= 11 is 3.34. The van der Waals surface area contributed by atoms with Crippen molar-refractivity contribution in [3.63, 3.8) is 0 Å². The smallest absolute Gasteiger partial charge is 0.343 e. The van der Waals surface area contributed by atoms with Crippen LogP contribution >= 0.6 is 33.9 Å². The Morgan fingerprint density at radius 1 is 1.00 bits per heavy atom. The van der Waals surface area contributed by atoms with E-state index in [4.69, 9.17) is 18.9 Å². The summed E-state index contributed by atoms with van der Waals surface area (Å²) in [5.41, 5.74) is 2.34. The van der Waals surface area contributed by atoms with Crippen LogP contribution in [0.5, 0.6) is 17.2 Å². The van der Waals surface area contributed by atoms with Crippen LogP contribution in [0.15, 0.2) is 81.7 Å². The Labute approximate surface area is 303 Å². The van der Waals surface area contributed by atoms with Gasteiger partial charge < -0.3 is 23.7 Å². The maximum atomic E-state index is 14.1. The lowest BCUT2D eigenvalue weighted by molar-refractivity contribution is -0.384. The molecule has 50 heavy (non-hydrogen) atoms. The number of nitro benzene ring substituents is 1. The first kappa shape index (κ1) is 36.3. The van der Waals surface area contributed by atoms with Gasteiger partial charge in [-0.05, 0) is 103 Å². The van der Waals surface area contributed by atoms with Crippen LogP contribution in [-0.4, -0.2) is 48.4 Å². The standard InChI is InChI=1S/C35H32IN3O10S/c1-5-46-28-17-23(10-14-27(28)49-19-30(40)45-4)32-31(34(42)47-6-2)20(3)37-35-38(32)33(41)29(50-35)16-22-9-13-26(25(36)15-22)48-18-21-7-11-24(12-8-21)39(43)44/h7-17,32H,5-6,18-19H2,1-4H3/b29-16-/t32-/m1/s1. The molecule has 2 heterocycles. The van der Waals surface area contributed by atoms with Crippen LogP contribution in [-0.2, 0) is 25.7 Å². The van der Waals surface area contributed by atoms with Gasteiger partial charge in [-0.25, -0.2) is 14.6 Å². The van der Waals surface area contributed by atoms with Crippen LogP contribution < -0.4 is 29.1 Å². The van der Waals surface area contributed by atoms with Gasteiger partial charge in [0, 0.05) is 12.1 Å². The van der Waals surface area contributed by atoms with Crippen molar-refractivity contribution in [2.45, 2.75) is 33.4 Å². The molecule has 0 bridgehead atoms. The molecule has 1 aliphatic heterocycles. The van der Waals surface area contributed by atoms with Gasteiger partial charge in [0.15, 0.2) is 22.9 Å². The summed E-state index contributed by atoms with van der Waals surface area (Å²) in [7, 11) is 1.26. The molecular weight excluding hydrogens is 781 g/mol. The minimum absolute atomic E-state index is 0.00629. The molecule has 4 aromatic rings. The third kappa shape index (κ3) is 8.05. The quantitative estimate of drug-likeness (QED) is 0.0792. The fourth-order valence-electron chi connectivity index (χ4n) is 5.14. The van der Waals surface area contributed by atoms with Gasteiger partial charge in [-0.3, -0.25) is 19.5 Å². The number of fused-ring (bicyclic) bond motifs is 1. The van der Waals surface area contributed by atoms with Gasteiger partial charge in [0.25, 0.3) is 11.2 Å². The van der Waals surface area contributed by atoms with E-state index in [1.54, 1.807) is 63.2 Å². The number of benzene rings is 3. The van der Waals surface area contributed by atoms with Crippen molar-refractivity contribution >= 4 is 57.6 Å². The van der Waals surface area contributed by atoms with Crippen LogP contribution in [0.25, 0.3) is 6.08 Å². The molecule has 15 heteroatoms. The van der Waals surface area contributed by atoms with E-state index in [-0.39, 0.29) is 36.6 Å². The predicted molar refractivity (Wildman–Crippen MR) is 192 cm³/mol. The molecule has 1 atom stereocenters. The largest absolute Gasteiger partial charge is 0.490 e. The van der Waals surface area contributed by atoms with E-state index in [9.17, 15) is 24.5 Å². The van der Waals surface area contributed by atoms with E-state index < -0.39 is 22.9 Å². The molecule has 0 amide bonds. The zero-order valence-corrected chi connectivity index (χ0v) is 30.4. The first-order valence-electron chi connectivity index (χ1n) is 15.4. The summed E-state index contributed by atoms with van der Waals surface area (Å²) in [5, 5.41) is 10.9. The Morgan fingerprint density at radius 3 is 2.40 bits per heavy atom. The van der Waals surface area contributed by atoms with Gasteiger partial charge >= 0.3 is 11.9 Å². The summed E-state index contributed by atoms with van der Waals surface area (Å²) < 4.78 is 30.1. The van der Waals surface area contributed by atoms with Gasteiger partial charge in [-0.2, -0.15) is 0 Å². The number of aromatic nitrogens is 1. The summed E-state index contributed by atoms with van der Waals surface area (Å²) in [4.78, 5) is 54.7. The Morgan fingerprint density at radius 2 is 1.74 bits per heavy atom. The van der Waals surface area contributed by atoms with Crippen LogP contribution in [0, 0.1) is 13.7 Å². The minimum Gasteiger partial charge on any atom is -0.490 e. The molecule has 260 valence electrons. The van der Waals surface area contributed by atoms with E-state index in [0.29, 0.717) is 44.4 Å². The van der Waals surface area contributed by atoms with Crippen LogP contribution in [0.1, 0.15) is 43.5 Å². The Kier molecular flexibility index (Phi) is 11.7. The van der Waals surface area contributed by atoms with Gasteiger partial charge in [0.1, 0.15) is 12.4 Å². The van der Waals surface area contributed by atoms with Crippen LogP contribution in [0.2, 0.25) is 0 Å². The number of nitrogens with zero attached hydrogens (tertiary/aromatic N) is 3. The van der Waals surface area contributed by atoms with E-state index in [2.05, 4.69) is 32.3 Å². The number of halogens is 1. The Bertz CT molecular complexity index is 2160. The summed E-state index contributed by atoms with van der Waals surface area (Å²) in [6.45, 7) is 5.51. The maximum Gasteiger partial charge on any atom is 0.343 e. The number of ether oxygens (including phenoxy) is 5. The zero-order chi connectivity index (χ0) is 35.9. The highest BCUT2D eigenvalue weighted by Crippen LogP contribution is 2.36. The van der Waals surface area contributed by atoms with Crippen molar-refractivity contribution in [1.29, 1.82) is 0 Å².